The molecule has 21 heavy (non-hydrogen) atoms. The van der Waals surface area contributed by atoms with Crippen molar-refractivity contribution >= 4 is 28.8 Å². The molecule has 0 fully saturated rings. The van der Waals surface area contributed by atoms with E-state index in [-0.39, 0.29) is 11.9 Å². The molecule has 3 N–H and O–H groups in total. The first-order chi connectivity index (χ1) is 10.2. The van der Waals surface area contributed by atoms with Crippen molar-refractivity contribution < 1.29 is 4.79 Å². The monoisotopic (exact) mass is 321 g/mol. The molecule has 4 nitrogen and oxygen atoms in total. The Hall–Kier alpha value is -1.43. The van der Waals surface area contributed by atoms with Gasteiger partial charge in [-0.3, -0.25) is 4.79 Å². The molecule has 6 heteroatoms. The van der Waals surface area contributed by atoms with E-state index in [9.17, 15) is 4.79 Å². The van der Waals surface area contributed by atoms with Crippen molar-refractivity contribution in [2.75, 3.05) is 6.54 Å². The Bertz CT molecular complexity index is 671. The van der Waals surface area contributed by atoms with Gasteiger partial charge < -0.3 is 11.1 Å². The molecule has 0 saturated heterocycles. The van der Waals surface area contributed by atoms with Gasteiger partial charge >= 0.3 is 0 Å². The third-order valence-electron chi connectivity index (χ3n) is 3.66. The lowest BCUT2D eigenvalue weighted by molar-refractivity contribution is 0.0932. The maximum absolute atomic E-state index is 12.3. The molecule has 1 atom stereocenters. The van der Waals surface area contributed by atoms with Gasteiger partial charge in [0.05, 0.1) is 11.0 Å². The molecule has 1 aliphatic carbocycles. The summed E-state index contributed by atoms with van der Waals surface area (Å²) in [5.41, 5.74) is 8.23. The van der Waals surface area contributed by atoms with Crippen molar-refractivity contribution in [3.8, 4) is 0 Å². The van der Waals surface area contributed by atoms with Crippen LogP contribution in [0.15, 0.2) is 23.6 Å². The minimum atomic E-state index is -0.132. The van der Waals surface area contributed by atoms with E-state index in [4.69, 9.17) is 17.3 Å². The van der Waals surface area contributed by atoms with Gasteiger partial charge in [-0.1, -0.05) is 23.7 Å². The van der Waals surface area contributed by atoms with Gasteiger partial charge in [0, 0.05) is 16.8 Å². The van der Waals surface area contributed by atoms with Crippen LogP contribution in [0.1, 0.15) is 39.1 Å². The first kappa shape index (κ1) is 14.5. The van der Waals surface area contributed by atoms with E-state index in [1.807, 2.05) is 18.2 Å². The fraction of sp³-hybridized carbons (Fsp3) is 0.333. The first-order valence-electron chi connectivity index (χ1n) is 6.91. The van der Waals surface area contributed by atoms with Crippen molar-refractivity contribution in [1.82, 2.24) is 10.3 Å². The minimum absolute atomic E-state index is 0.0193. The van der Waals surface area contributed by atoms with Crippen LogP contribution in [0.4, 0.5) is 0 Å². The second-order valence-corrected chi connectivity index (χ2v) is 6.39. The zero-order valence-corrected chi connectivity index (χ0v) is 13.0. The number of fused-ring (bicyclic) bond motifs is 1. The van der Waals surface area contributed by atoms with Crippen LogP contribution in [0.3, 0.4) is 0 Å². The molecule has 1 unspecified atom stereocenters. The lowest BCUT2D eigenvalue weighted by Gasteiger charge is -2.13. The van der Waals surface area contributed by atoms with E-state index >= 15 is 0 Å². The molecule has 1 aliphatic rings. The Labute approximate surface area is 132 Å². The van der Waals surface area contributed by atoms with Crippen molar-refractivity contribution in [3.63, 3.8) is 0 Å². The molecule has 0 bridgehead atoms. The summed E-state index contributed by atoms with van der Waals surface area (Å²) in [7, 11) is 0. The third-order valence-corrected chi connectivity index (χ3v) is 4.92. The molecule has 1 aromatic carbocycles. The molecule has 1 aromatic heterocycles. The zero-order valence-electron chi connectivity index (χ0n) is 11.4. The van der Waals surface area contributed by atoms with Gasteiger partial charge in [-0.05, 0) is 36.6 Å². The quantitative estimate of drug-likeness (QED) is 0.909. The summed E-state index contributed by atoms with van der Waals surface area (Å²) >= 11 is 7.67. The third kappa shape index (κ3) is 2.95. The van der Waals surface area contributed by atoms with Gasteiger partial charge in [-0.15, -0.1) is 11.3 Å². The van der Waals surface area contributed by atoms with Gasteiger partial charge in [0.2, 0.25) is 0 Å². The number of carbonyl (C=O) groups is 1. The second kappa shape index (κ2) is 6.13. The average molecular weight is 322 g/mol. The topological polar surface area (TPSA) is 68.0 Å². The van der Waals surface area contributed by atoms with Crippen LogP contribution in [0, 0.1) is 0 Å². The van der Waals surface area contributed by atoms with E-state index < -0.39 is 0 Å². The van der Waals surface area contributed by atoms with Gasteiger partial charge in [0.1, 0.15) is 5.69 Å². The molecule has 0 saturated carbocycles. The number of nitrogens with one attached hydrogen (secondary N) is 1. The molecule has 0 spiro atoms. The summed E-state index contributed by atoms with van der Waals surface area (Å²) < 4.78 is 0. The highest BCUT2D eigenvalue weighted by Crippen LogP contribution is 2.35. The number of carbonyl (C=O) groups excluding carboxylic acids is 1. The second-order valence-electron chi connectivity index (χ2n) is 5.04. The number of halogens is 1. The molecule has 3 rings (SSSR count). The number of nitrogens with two attached hydrogens (primary N) is 1. The Kier molecular flexibility index (Phi) is 4.24. The predicted molar refractivity (Wildman–Crippen MR) is 84.9 cm³/mol. The van der Waals surface area contributed by atoms with Gasteiger partial charge in [0.15, 0.2) is 0 Å². The van der Waals surface area contributed by atoms with E-state index in [1.165, 1.54) is 11.3 Å². The molecule has 1 amide bonds. The minimum Gasteiger partial charge on any atom is -0.344 e. The molecular weight excluding hydrogens is 306 g/mol. The highest BCUT2D eigenvalue weighted by Gasteiger charge is 2.26. The fourth-order valence-corrected chi connectivity index (χ4v) is 3.72. The number of aromatic nitrogens is 1. The maximum Gasteiger partial charge on any atom is 0.271 e. The zero-order chi connectivity index (χ0) is 14.8. The van der Waals surface area contributed by atoms with Crippen LogP contribution in [0.5, 0.6) is 0 Å². The highest BCUT2D eigenvalue weighted by atomic mass is 35.5. The number of rotatable bonds is 4. The summed E-state index contributed by atoms with van der Waals surface area (Å²) in [6, 6.07) is 5.86. The Balaban J connectivity index is 1.73. The predicted octanol–water partition coefficient (Wildman–Crippen LogP) is 2.72. The fourth-order valence-electron chi connectivity index (χ4n) is 2.65. The number of hydrogen-bond donors (Lipinski definition) is 2. The average Bonchev–Trinajstić information content (AvgIpc) is 3.08. The number of nitrogens with zero attached hydrogens (tertiary/aromatic N) is 1. The molecule has 1 heterocycles. The van der Waals surface area contributed by atoms with Crippen LogP contribution in [-0.2, 0) is 12.8 Å². The van der Waals surface area contributed by atoms with E-state index in [2.05, 4.69) is 10.3 Å². The highest BCUT2D eigenvalue weighted by molar-refractivity contribution is 7.09. The Morgan fingerprint density at radius 1 is 1.52 bits per heavy atom. The Morgan fingerprint density at radius 3 is 3.19 bits per heavy atom. The summed E-state index contributed by atoms with van der Waals surface area (Å²) in [5.74, 6) is -0.132. The number of hydrogen-bond acceptors (Lipinski definition) is 4. The molecule has 0 aliphatic heterocycles. The lowest BCUT2D eigenvalue weighted by Crippen LogP contribution is -2.27. The van der Waals surface area contributed by atoms with Crippen molar-refractivity contribution in [1.29, 1.82) is 0 Å². The maximum atomic E-state index is 12.3. The van der Waals surface area contributed by atoms with Crippen molar-refractivity contribution in [3.05, 3.63) is 50.4 Å². The Morgan fingerprint density at radius 2 is 2.38 bits per heavy atom. The van der Waals surface area contributed by atoms with Gasteiger partial charge in [-0.25, -0.2) is 4.98 Å². The molecular formula is C15H16ClN3OS. The molecule has 2 aromatic rings. The van der Waals surface area contributed by atoms with E-state index in [0.29, 0.717) is 18.7 Å². The van der Waals surface area contributed by atoms with Crippen LogP contribution in [-0.4, -0.2) is 17.4 Å². The summed E-state index contributed by atoms with van der Waals surface area (Å²) in [5, 5.41) is 6.52. The number of amides is 1. The van der Waals surface area contributed by atoms with Gasteiger partial charge in [-0.2, -0.15) is 0 Å². The van der Waals surface area contributed by atoms with E-state index in [0.717, 1.165) is 34.0 Å². The van der Waals surface area contributed by atoms with Crippen LogP contribution >= 0.6 is 22.9 Å². The molecule has 110 valence electrons. The largest absolute Gasteiger partial charge is 0.344 e. The molecule has 0 radical (unpaired) electrons. The summed E-state index contributed by atoms with van der Waals surface area (Å²) in [6.45, 7) is 0.545. The summed E-state index contributed by atoms with van der Waals surface area (Å²) in [6.07, 6.45) is 2.49. The lowest BCUT2D eigenvalue weighted by atomic mass is 10.1. The van der Waals surface area contributed by atoms with E-state index in [1.54, 1.807) is 5.38 Å². The first-order valence-corrected chi connectivity index (χ1v) is 8.17. The van der Waals surface area contributed by atoms with Crippen LogP contribution < -0.4 is 11.1 Å². The number of thiazole rings is 1. The smallest absolute Gasteiger partial charge is 0.271 e. The van der Waals surface area contributed by atoms with Gasteiger partial charge in [0.25, 0.3) is 5.91 Å². The van der Waals surface area contributed by atoms with Crippen molar-refractivity contribution in [2.45, 2.75) is 25.3 Å². The van der Waals surface area contributed by atoms with Crippen LogP contribution in [0.2, 0.25) is 5.02 Å². The summed E-state index contributed by atoms with van der Waals surface area (Å²) in [4.78, 5) is 16.6. The van der Waals surface area contributed by atoms with Crippen molar-refractivity contribution in [2.24, 2.45) is 5.73 Å². The van der Waals surface area contributed by atoms with Crippen LogP contribution in [0.25, 0.3) is 0 Å². The number of benzene rings is 1. The normalized spacial score (nSPS) is 16.8. The SMILES string of the molecule is NCCc1nc(C(=O)NC2CCc3c(Cl)cccc32)cs1. The standard InChI is InChI=1S/C15H16ClN3OS/c16-11-3-1-2-10-9(11)4-5-12(10)19-15(20)13-8-21-14(18-13)6-7-17/h1-3,8,12H,4-7,17H2,(H,19,20).